The number of hydrogen-bond acceptors (Lipinski definition) is 2. The van der Waals surface area contributed by atoms with Gasteiger partial charge in [0.05, 0.1) is 5.69 Å². The van der Waals surface area contributed by atoms with Crippen LogP contribution in [0, 0.1) is 0 Å². The van der Waals surface area contributed by atoms with Crippen molar-refractivity contribution in [3.8, 4) is 0 Å². The molecule has 2 aromatic rings. The SMILES string of the molecule is Cn1cc(N)cc1C(=O)NC(C)(C)CCc1ccccc1. The van der Waals surface area contributed by atoms with E-state index in [9.17, 15) is 4.79 Å². The molecule has 0 saturated heterocycles. The molecule has 0 aliphatic heterocycles. The number of hydrogen-bond donors (Lipinski definition) is 2. The second-order valence-electron chi connectivity index (χ2n) is 6.09. The first-order valence-electron chi connectivity index (χ1n) is 7.16. The van der Waals surface area contributed by atoms with Gasteiger partial charge < -0.3 is 15.6 Å². The van der Waals surface area contributed by atoms with Gasteiger partial charge in [-0.2, -0.15) is 0 Å². The molecule has 21 heavy (non-hydrogen) atoms. The Bertz CT molecular complexity index is 614. The van der Waals surface area contributed by atoms with Crippen LogP contribution in [-0.4, -0.2) is 16.0 Å². The summed E-state index contributed by atoms with van der Waals surface area (Å²) in [6.45, 7) is 4.08. The van der Waals surface area contributed by atoms with Crippen molar-refractivity contribution < 1.29 is 4.79 Å². The summed E-state index contributed by atoms with van der Waals surface area (Å²) in [6.07, 6.45) is 3.55. The Morgan fingerprint density at radius 2 is 1.95 bits per heavy atom. The normalized spacial score (nSPS) is 11.4. The third-order valence-corrected chi connectivity index (χ3v) is 3.59. The quantitative estimate of drug-likeness (QED) is 0.887. The Morgan fingerprint density at radius 1 is 1.29 bits per heavy atom. The largest absolute Gasteiger partial charge is 0.397 e. The Morgan fingerprint density at radius 3 is 2.52 bits per heavy atom. The number of aromatic nitrogens is 1. The molecule has 0 aliphatic carbocycles. The number of rotatable bonds is 5. The topological polar surface area (TPSA) is 60.0 Å². The average Bonchev–Trinajstić information content (AvgIpc) is 2.76. The molecular formula is C17H23N3O. The average molecular weight is 285 g/mol. The first-order valence-corrected chi connectivity index (χ1v) is 7.16. The highest BCUT2D eigenvalue weighted by Gasteiger charge is 2.22. The van der Waals surface area contributed by atoms with Crippen LogP contribution in [0.1, 0.15) is 36.3 Å². The monoisotopic (exact) mass is 285 g/mol. The zero-order valence-corrected chi connectivity index (χ0v) is 12.9. The standard InChI is InChI=1S/C17H23N3O/c1-17(2,10-9-13-7-5-4-6-8-13)19-16(21)15-11-14(18)12-20(15)3/h4-8,11-12H,9-10,18H2,1-3H3,(H,19,21). The van der Waals surface area contributed by atoms with Crippen LogP contribution in [0.2, 0.25) is 0 Å². The minimum atomic E-state index is -0.272. The van der Waals surface area contributed by atoms with Crippen LogP contribution in [0.3, 0.4) is 0 Å². The van der Waals surface area contributed by atoms with Crippen LogP contribution >= 0.6 is 0 Å². The summed E-state index contributed by atoms with van der Waals surface area (Å²) in [7, 11) is 1.82. The smallest absolute Gasteiger partial charge is 0.268 e. The third kappa shape index (κ3) is 4.12. The molecule has 0 aliphatic rings. The number of nitrogens with zero attached hydrogens (tertiary/aromatic N) is 1. The zero-order valence-electron chi connectivity index (χ0n) is 12.9. The maximum Gasteiger partial charge on any atom is 0.268 e. The number of nitrogens with one attached hydrogen (secondary N) is 1. The second kappa shape index (κ2) is 6.04. The molecule has 2 rings (SSSR count). The third-order valence-electron chi connectivity index (χ3n) is 3.59. The molecule has 1 heterocycles. The fraction of sp³-hybridized carbons (Fsp3) is 0.353. The summed E-state index contributed by atoms with van der Waals surface area (Å²) in [5.74, 6) is -0.0905. The van der Waals surface area contributed by atoms with Crippen LogP contribution in [0.25, 0.3) is 0 Å². The maximum absolute atomic E-state index is 12.3. The van der Waals surface area contributed by atoms with E-state index in [1.165, 1.54) is 5.56 Å². The number of aryl methyl sites for hydroxylation is 2. The van der Waals surface area contributed by atoms with E-state index in [0.717, 1.165) is 12.8 Å². The summed E-state index contributed by atoms with van der Waals surface area (Å²) in [5.41, 5.74) is 7.91. The summed E-state index contributed by atoms with van der Waals surface area (Å²) in [4.78, 5) is 12.3. The van der Waals surface area contributed by atoms with Crippen LogP contribution < -0.4 is 11.1 Å². The van der Waals surface area contributed by atoms with Gasteiger partial charge in [-0.15, -0.1) is 0 Å². The molecule has 0 radical (unpaired) electrons. The number of carbonyl (C=O) groups is 1. The van der Waals surface area contributed by atoms with E-state index in [0.29, 0.717) is 11.4 Å². The minimum Gasteiger partial charge on any atom is -0.397 e. The van der Waals surface area contributed by atoms with Gasteiger partial charge in [0.25, 0.3) is 5.91 Å². The highest BCUT2D eigenvalue weighted by molar-refractivity contribution is 5.94. The lowest BCUT2D eigenvalue weighted by Crippen LogP contribution is -2.44. The van der Waals surface area contributed by atoms with E-state index in [1.807, 2.05) is 39.1 Å². The van der Waals surface area contributed by atoms with Crippen LogP contribution in [0.4, 0.5) is 5.69 Å². The number of carbonyl (C=O) groups excluding carboxylic acids is 1. The lowest BCUT2D eigenvalue weighted by atomic mass is 9.95. The molecule has 4 heteroatoms. The van der Waals surface area contributed by atoms with Crippen molar-refractivity contribution in [2.45, 2.75) is 32.2 Å². The summed E-state index contributed by atoms with van der Waals surface area (Å²) < 4.78 is 1.75. The van der Waals surface area contributed by atoms with Gasteiger partial charge in [-0.1, -0.05) is 30.3 Å². The molecule has 0 atom stereocenters. The predicted octanol–water partition coefficient (Wildman–Crippen LogP) is 2.75. The van der Waals surface area contributed by atoms with Gasteiger partial charge in [0.15, 0.2) is 0 Å². The van der Waals surface area contributed by atoms with Gasteiger partial charge in [-0.3, -0.25) is 4.79 Å². The Balaban J connectivity index is 1.97. The van der Waals surface area contributed by atoms with Crippen molar-refractivity contribution >= 4 is 11.6 Å². The maximum atomic E-state index is 12.3. The van der Waals surface area contributed by atoms with Gasteiger partial charge in [0, 0.05) is 18.8 Å². The van der Waals surface area contributed by atoms with Gasteiger partial charge in [-0.25, -0.2) is 0 Å². The van der Waals surface area contributed by atoms with Crippen molar-refractivity contribution in [2.24, 2.45) is 7.05 Å². The molecule has 0 bridgehead atoms. The molecule has 1 aromatic heterocycles. The van der Waals surface area contributed by atoms with Crippen LogP contribution in [-0.2, 0) is 13.5 Å². The van der Waals surface area contributed by atoms with Crippen molar-refractivity contribution in [3.63, 3.8) is 0 Å². The molecule has 0 fully saturated rings. The molecule has 3 N–H and O–H groups in total. The first kappa shape index (κ1) is 15.2. The molecular weight excluding hydrogens is 262 g/mol. The second-order valence-corrected chi connectivity index (χ2v) is 6.09. The van der Waals surface area contributed by atoms with E-state index in [4.69, 9.17) is 5.73 Å². The molecule has 1 amide bonds. The minimum absolute atomic E-state index is 0.0905. The summed E-state index contributed by atoms with van der Waals surface area (Å²) >= 11 is 0. The molecule has 0 saturated carbocycles. The summed E-state index contributed by atoms with van der Waals surface area (Å²) in [6, 6.07) is 12.0. The number of nitrogen functional groups attached to an aromatic ring is 1. The predicted molar refractivity (Wildman–Crippen MR) is 86.1 cm³/mol. The van der Waals surface area contributed by atoms with Gasteiger partial charge in [0.1, 0.15) is 5.69 Å². The first-order chi connectivity index (χ1) is 9.87. The van der Waals surface area contributed by atoms with Gasteiger partial charge >= 0.3 is 0 Å². The van der Waals surface area contributed by atoms with E-state index >= 15 is 0 Å². The lowest BCUT2D eigenvalue weighted by Gasteiger charge is -2.26. The molecule has 0 spiro atoms. The van der Waals surface area contributed by atoms with E-state index < -0.39 is 0 Å². The molecule has 4 nitrogen and oxygen atoms in total. The fourth-order valence-corrected chi connectivity index (χ4v) is 2.35. The van der Waals surface area contributed by atoms with Crippen molar-refractivity contribution in [3.05, 3.63) is 53.9 Å². The van der Waals surface area contributed by atoms with Crippen LogP contribution in [0.15, 0.2) is 42.6 Å². The Labute approximate surface area is 126 Å². The molecule has 112 valence electrons. The lowest BCUT2D eigenvalue weighted by molar-refractivity contribution is 0.0901. The van der Waals surface area contributed by atoms with Gasteiger partial charge in [0.2, 0.25) is 0 Å². The number of amides is 1. The van der Waals surface area contributed by atoms with E-state index in [2.05, 4.69) is 17.4 Å². The molecule has 1 aromatic carbocycles. The van der Waals surface area contributed by atoms with E-state index in [-0.39, 0.29) is 11.4 Å². The van der Waals surface area contributed by atoms with E-state index in [1.54, 1.807) is 16.8 Å². The highest BCUT2D eigenvalue weighted by atomic mass is 16.2. The van der Waals surface area contributed by atoms with Crippen molar-refractivity contribution in [2.75, 3.05) is 5.73 Å². The highest BCUT2D eigenvalue weighted by Crippen LogP contribution is 2.16. The van der Waals surface area contributed by atoms with Gasteiger partial charge in [-0.05, 0) is 38.3 Å². The number of nitrogens with two attached hydrogens (primary N) is 1. The van der Waals surface area contributed by atoms with Crippen molar-refractivity contribution in [1.29, 1.82) is 0 Å². The Kier molecular flexibility index (Phi) is 4.36. The molecule has 0 unspecified atom stereocenters. The fourth-order valence-electron chi connectivity index (χ4n) is 2.35. The summed E-state index contributed by atoms with van der Waals surface area (Å²) in [5, 5.41) is 3.08. The number of benzene rings is 1. The number of anilines is 1. The Hall–Kier alpha value is -2.23. The van der Waals surface area contributed by atoms with Crippen molar-refractivity contribution in [1.82, 2.24) is 9.88 Å². The zero-order chi connectivity index (χ0) is 15.5. The van der Waals surface area contributed by atoms with Crippen LogP contribution in [0.5, 0.6) is 0 Å².